The lowest BCUT2D eigenvalue weighted by molar-refractivity contribution is 0.844. The number of aromatic amines is 1. The number of nitrogens with one attached hydrogen (secondary N) is 1. The van der Waals surface area contributed by atoms with Gasteiger partial charge in [0.05, 0.1) is 5.69 Å². The largest absolute Gasteiger partial charge is 0.330 e. The highest BCUT2D eigenvalue weighted by Gasteiger charge is 2.06. The smallest absolute Gasteiger partial charge is 0.254 e. The molecule has 0 aliphatic carbocycles. The van der Waals surface area contributed by atoms with Crippen molar-refractivity contribution in [1.29, 1.82) is 0 Å². The Bertz CT molecular complexity index is 343. The number of hydrogen-bond acceptors (Lipinski definition) is 3. The number of rotatable bonds is 3. The normalized spacial score (nSPS) is 10.4. The molecular weight excluding hydrogens is 166 g/mol. The highest BCUT2D eigenvalue weighted by molar-refractivity contribution is 5.18. The summed E-state index contributed by atoms with van der Waals surface area (Å²) in [4.78, 5) is 18.4. The molecule has 72 valence electrons. The third kappa shape index (κ3) is 2.15. The molecule has 0 saturated carbocycles. The molecule has 1 rings (SSSR count). The van der Waals surface area contributed by atoms with Crippen molar-refractivity contribution in [2.45, 2.75) is 26.7 Å². The van der Waals surface area contributed by atoms with E-state index < -0.39 is 0 Å². The van der Waals surface area contributed by atoms with Crippen molar-refractivity contribution in [3.63, 3.8) is 0 Å². The van der Waals surface area contributed by atoms with E-state index in [0.29, 0.717) is 18.8 Å². The SMILES string of the molecule is CCc1nc(C)[nH]c(=O)c1CCN. The predicted molar refractivity (Wildman–Crippen MR) is 51.7 cm³/mol. The molecule has 0 atom stereocenters. The van der Waals surface area contributed by atoms with Crippen LogP contribution >= 0.6 is 0 Å². The Labute approximate surface area is 77.2 Å². The lowest BCUT2D eigenvalue weighted by atomic mass is 10.1. The van der Waals surface area contributed by atoms with Gasteiger partial charge < -0.3 is 10.7 Å². The molecule has 1 aromatic heterocycles. The highest BCUT2D eigenvalue weighted by Crippen LogP contribution is 2.01. The van der Waals surface area contributed by atoms with Crippen LogP contribution in [0.1, 0.15) is 24.0 Å². The van der Waals surface area contributed by atoms with E-state index in [1.807, 2.05) is 6.92 Å². The summed E-state index contributed by atoms with van der Waals surface area (Å²) in [5.74, 6) is 0.669. The molecule has 0 fully saturated rings. The molecule has 0 unspecified atom stereocenters. The van der Waals surface area contributed by atoms with Crippen LogP contribution in [0.25, 0.3) is 0 Å². The van der Waals surface area contributed by atoms with E-state index in [2.05, 4.69) is 9.97 Å². The molecule has 4 nitrogen and oxygen atoms in total. The van der Waals surface area contributed by atoms with Crippen LogP contribution in [0.2, 0.25) is 0 Å². The second kappa shape index (κ2) is 4.18. The maximum Gasteiger partial charge on any atom is 0.254 e. The molecular formula is C9H15N3O. The van der Waals surface area contributed by atoms with Gasteiger partial charge in [-0.15, -0.1) is 0 Å². The first-order valence-corrected chi connectivity index (χ1v) is 4.47. The van der Waals surface area contributed by atoms with Gasteiger partial charge in [0.2, 0.25) is 0 Å². The van der Waals surface area contributed by atoms with Crippen molar-refractivity contribution in [2.75, 3.05) is 6.54 Å². The lowest BCUT2D eigenvalue weighted by Crippen LogP contribution is -2.21. The van der Waals surface area contributed by atoms with Crippen LogP contribution in [0.4, 0.5) is 0 Å². The maximum atomic E-state index is 11.5. The summed E-state index contributed by atoms with van der Waals surface area (Å²) in [6, 6.07) is 0. The van der Waals surface area contributed by atoms with E-state index in [1.54, 1.807) is 6.92 Å². The van der Waals surface area contributed by atoms with E-state index >= 15 is 0 Å². The molecule has 0 aromatic carbocycles. The van der Waals surface area contributed by atoms with Gasteiger partial charge in [0.1, 0.15) is 5.82 Å². The molecule has 0 saturated heterocycles. The van der Waals surface area contributed by atoms with E-state index in [9.17, 15) is 4.79 Å². The summed E-state index contributed by atoms with van der Waals surface area (Å²) in [5, 5.41) is 0. The van der Waals surface area contributed by atoms with Gasteiger partial charge in [0, 0.05) is 5.56 Å². The van der Waals surface area contributed by atoms with Gasteiger partial charge in [-0.1, -0.05) is 6.92 Å². The quantitative estimate of drug-likeness (QED) is 0.696. The summed E-state index contributed by atoms with van der Waals surface area (Å²) in [5.41, 5.74) is 6.96. The van der Waals surface area contributed by atoms with Gasteiger partial charge in [-0.05, 0) is 26.3 Å². The van der Waals surface area contributed by atoms with Crippen LogP contribution in [-0.2, 0) is 12.8 Å². The maximum absolute atomic E-state index is 11.5. The van der Waals surface area contributed by atoms with E-state index in [4.69, 9.17) is 5.73 Å². The third-order valence-electron chi connectivity index (χ3n) is 1.95. The van der Waals surface area contributed by atoms with Crippen LogP contribution in [-0.4, -0.2) is 16.5 Å². The van der Waals surface area contributed by atoms with Crippen molar-refractivity contribution in [1.82, 2.24) is 9.97 Å². The number of hydrogen-bond donors (Lipinski definition) is 2. The minimum atomic E-state index is -0.0465. The molecule has 0 aliphatic heterocycles. The number of aryl methyl sites for hydroxylation is 2. The fourth-order valence-electron chi connectivity index (χ4n) is 1.36. The second-order valence-corrected chi connectivity index (χ2v) is 2.97. The molecule has 3 N–H and O–H groups in total. The van der Waals surface area contributed by atoms with Crippen molar-refractivity contribution < 1.29 is 0 Å². The van der Waals surface area contributed by atoms with Gasteiger partial charge >= 0.3 is 0 Å². The van der Waals surface area contributed by atoms with Crippen LogP contribution in [0, 0.1) is 6.92 Å². The highest BCUT2D eigenvalue weighted by atomic mass is 16.1. The van der Waals surface area contributed by atoms with Gasteiger partial charge in [-0.25, -0.2) is 4.98 Å². The molecule has 1 aromatic rings. The molecule has 4 heteroatoms. The van der Waals surface area contributed by atoms with Crippen molar-refractivity contribution in [3.8, 4) is 0 Å². The Kier molecular flexibility index (Phi) is 3.19. The lowest BCUT2D eigenvalue weighted by Gasteiger charge is -2.05. The number of aromatic nitrogens is 2. The van der Waals surface area contributed by atoms with Crippen LogP contribution in [0.15, 0.2) is 4.79 Å². The predicted octanol–water partition coefficient (Wildman–Crippen LogP) is 0.142. The van der Waals surface area contributed by atoms with E-state index in [1.165, 1.54) is 0 Å². The van der Waals surface area contributed by atoms with Crippen LogP contribution < -0.4 is 11.3 Å². The average Bonchev–Trinajstić information content (AvgIpc) is 2.09. The number of H-pyrrole nitrogens is 1. The molecule has 0 amide bonds. The topological polar surface area (TPSA) is 71.8 Å². The zero-order chi connectivity index (χ0) is 9.84. The number of nitrogens with two attached hydrogens (primary N) is 1. The second-order valence-electron chi connectivity index (χ2n) is 2.97. The van der Waals surface area contributed by atoms with Crippen molar-refractivity contribution in [3.05, 3.63) is 27.4 Å². The van der Waals surface area contributed by atoms with Gasteiger partial charge in [-0.3, -0.25) is 4.79 Å². The third-order valence-corrected chi connectivity index (χ3v) is 1.95. The van der Waals surface area contributed by atoms with E-state index in [-0.39, 0.29) is 5.56 Å². The average molecular weight is 181 g/mol. The Balaban J connectivity index is 3.22. The Morgan fingerprint density at radius 2 is 2.23 bits per heavy atom. The first-order chi connectivity index (χ1) is 6.19. The van der Waals surface area contributed by atoms with Gasteiger partial charge in [0.25, 0.3) is 5.56 Å². The molecule has 0 radical (unpaired) electrons. The summed E-state index contributed by atoms with van der Waals surface area (Å²) < 4.78 is 0. The summed E-state index contributed by atoms with van der Waals surface area (Å²) in [6.07, 6.45) is 1.38. The minimum Gasteiger partial charge on any atom is -0.330 e. The first-order valence-electron chi connectivity index (χ1n) is 4.47. The minimum absolute atomic E-state index is 0.0465. The van der Waals surface area contributed by atoms with Crippen molar-refractivity contribution in [2.24, 2.45) is 5.73 Å². The Morgan fingerprint density at radius 3 is 2.77 bits per heavy atom. The fraction of sp³-hybridized carbons (Fsp3) is 0.556. The van der Waals surface area contributed by atoms with Gasteiger partial charge in [-0.2, -0.15) is 0 Å². The van der Waals surface area contributed by atoms with Crippen LogP contribution in [0.3, 0.4) is 0 Å². The molecule has 1 heterocycles. The summed E-state index contributed by atoms with van der Waals surface area (Å²) in [7, 11) is 0. The van der Waals surface area contributed by atoms with Crippen molar-refractivity contribution >= 4 is 0 Å². The monoisotopic (exact) mass is 181 g/mol. The molecule has 0 bridgehead atoms. The zero-order valence-corrected chi connectivity index (χ0v) is 8.05. The first kappa shape index (κ1) is 9.92. The summed E-state index contributed by atoms with van der Waals surface area (Å²) in [6.45, 7) is 4.26. The zero-order valence-electron chi connectivity index (χ0n) is 8.05. The fourth-order valence-corrected chi connectivity index (χ4v) is 1.36. The molecule has 13 heavy (non-hydrogen) atoms. The standard InChI is InChI=1S/C9H15N3O/c1-3-8-7(4-5-10)9(13)12-6(2)11-8/h3-5,10H2,1-2H3,(H,11,12,13). The Hall–Kier alpha value is -1.16. The number of nitrogens with zero attached hydrogens (tertiary/aromatic N) is 1. The molecule has 0 aliphatic rings. The summed E-state index contributed by atoms with van der Waals surface area (Å²) >= 11 is 0. The van der Waals surface area contributed by atoms with E-state index in [0.717, 1.165) is 17.7 Å². The van der Waals surface area contributed by atoms with Crippen LogP contribution in [0.5, 0.6) is 0 Å². The van der Waals surface area contributed by atoms with Gasteiger partial charge in [0.15, 0.2) is 0 Å². The molecule has 0 spiro atoms. The Morgan fingerprint density at radius 1 is 1.54 bits per heavy atom.